The lowest BCUT2D eigenvalue weighted by molar-refractivity contribution is -0.126. The number of hydrogen-bond donors (Lipinski definition) is 5. The van der Waals surface area contributed by atoms with Gasteiger partial charge in [0.05, 0.1) is 0 Å². The van der Waals surface area contributed by atoms with Crippen LogP contribution in [0.1, 0.15) is 32.6 Å². The third kappa shape index (κ3) is 6.59. The summed E-state index contributed by atoms with van der Waals surface area (Å²) >= 11 is 0. The van der Waals surface area contributed by atoms with Crippen molar-refractivity contribution < 1.29 is 24.6 Å². The Morgan fingerprint density at radius 3 is 2.38 bits per heavy atom. The molecule has 0 aliphatic carbocycles. The Morgan fingerprint density at radius 1 is 1.21 bits per heavy atom. The van der Waals surface area contributed by atoms with Gasteiger partial charge >= 0.3 is 0 Å². The number of nitrogens with one attached hydrogen (secondary N) is 2. The zero-order valence-electron chi connectivity index (χ0n) is 13.6. The van der Waals surface area contributed by atoms with Gasteiger partial charge in [-0.15, -0.1) is 0 Å². The van der Waals surface area contributed by atoms with Crippen LogP contribution in [0.5, 0.6) is 11.8 Å². The molecule has 1 aromatic heterocycles. The predicted octanol–water partition coefficient (Wildman–Crippen LogP) is -0.434. The Hall–Kier alpha value is -2.71. The van der Waals surface area contributed by atoms with Crippen LogP contribution in [0.25, 0.3) is 0 Å². The van der Waals surface area contributed by atoms with Crippen LogP contribution in [0, 0.1) is 0 Å². The lowest BCUT2D eigenvalue weighted by atomic mass is 10.1. The van der Waals surface area contributed by atoms with Gasteiger partial charge in [0.15, 0.2) is 11.8 Å². The fourth-order valence-corrected chi connectivity index (χ4v) is 2.21. The van der Waals surface area contributed by atoms with E-state index in [0.29, 0.717) is 25.8 Å². The first-order chi connectivity index (χ1) is 11.3. The number of primary amides is 1. The first kappa shape index (κ1) is 19.3. The van der Waals surface area contributed by atoms with Crippen molar-refractivity contribution >= 4 is 17.7 Å². The number of unbranched alkanes of at least 4 members (excludes halogenated alkanes) is 1. The van der Waals surface area contributed by atoms with Gasteiger partial charge < -0.3 is 26.6 Å². The smallest absolute Gasteiger partial charge is 0.239 e. The first-order valence-electron chi connectivity index (χ1n) is 7.72. The molecule has 3 amide bonds. The quantitative estimate of drug-likeness (QED) is 0.367. The highest BCUT2D eigenvalue weighted by molar-refractivity contribution is 5.85. The molecule has 6 N–H and O–H groups in total. The van der Waals surface area contributed by atoms with Gasteiger partial charge in [0.1, 0.15) is 6.04 Å². The maximum atomic E-state index is 11.7. The summed E-state index contributed by atoms with van der Waals surface area (Å²) in [6, 6.07) is 1.99. The van der Waals surface area contributed by atoms with Gasteiger partial charge in [0.25, 0.3) is 0 Å². The van der Waals surface area contributed by atoms with Crippen molar-refractivity contribution in [3.63, 3.8) is 0 Å². The standard InChI is InChI=1S/C15H24N4O5/c1-10(20)18-11(15(16)24)4-2-3-8-17-12(21)7-9-19-13(22)5-6-14(19)23/h5-6,11,22-23H,2-4,7-9H2,1H3,(H2,16,24)(H,17,21)(H,18,20). The third-order valence-electron chi connectivity index (χ3n) is 3.46. The first-order valence-corrected chi connectivity index (χ1v) is 7.72. The van der Waals surface area contributed by atoms with Crippen LogP contribution >= 0.6 is 0 Å². The summed E-state index contributed by atoms with van der Waals surface area (Å²) in [7, 11) is 0. The SMILES string of the molecule is CC(=O)NC(CCCCNC(=O)CCn1c(O)ccc1O)C(N)=O. The summed E-state index contributed by atoms with van der Waals surface area (Å²) in [5.74, 6) is -1.31. The molecule has 0 bridgehead atoms. The molecule has 0 saturated carbocycles. The van der Waals surface area contributed by atoms with Crippen molar-refractivity contribution in [3.05, 3.63) is 12.1 Å². The van der Waals surface area contributed by atoms with Crippen LogP contribution < -0.4 is 16.4 Å². The summed E-state index contributed by atoms with van der Waals surface area (Å²) in [6.45, 7) is 1.91. The van der Waals surface area contributed by atoms with E-state index < -0.39 is 11.9 Å². The molecule has 1 heterocycles. The van der Waals surface area contributed by atoms with Gasteiger partial charge in [-0.2, -0.15) is 0 Å². The summed E-state index contributed by atoms with van der Waals surface area (Å²) in [6.07, 6.45) is 1.78. The number of hydrogen-bond acceptors (Lipinski definition) is 5. The molecule has 0 spiro atoms. The van der Waals surface area contributed by atoms with E-state index in [9.17, 15) is 24.6 Å². The van der Waals surface area contributed by atoms with Gasteiger partial charge in [-0.05, 0) is 19.3 Å². The molecule has 0 saturated heterocycles. The summed E-state index contributed by atoms with van der Waals surface area (Å²) in [5.41, 5.74) is 5.19. The number of aromatic nitrogens is 1. The van der Waals surface area contributed by atoms with Crippen LogP contribution in [0.4, 0.5) is 0 Å². The predicted molar refractivity (Wildman–Crippen MR) is 86.0 cm³/mol. The van der Waals surface area contributed by atoms with Crippen molar-refractivity contribution in [2.24, 2.45) is 5.73 Å². The summed E-state index contributed by atoms with van der Waals surface area (Å²) in [5, 5.41) is 24.1. The lowest BCUT2D eigenvalue weighted by Gasteiger charge is -2.14. The van der Waals surface area contributed by atoms with Crippen LogP contribution in [0.3, 0.4) is 0 Å². The Morgan fingerprint density at radius 2 is 1.83 bits per heavy atom. The van der Waals surface area contributed by atoms with Crippen LogP contribution in [-0.2, 0) is 20.9 Å². The van der Waals surface area contributed by atoms with Crippen LogP contribution in [0.2, 0.25) is 0 Å². The molecule has 0 radical (unpaired) electrons. The molecule has 24 heavy (non-hydrogen) atoms. The van der Waals surface area contributed by atoms with Gasteiger partial charge in [0, 0.05) is 38.6 Å². The van der Waals surface area contributed by atoms with Crippen molar-refractivity contribution in [3.8, 4) is 11.8 Å². The highest BCUT2D eigenvalue weighted by Crippen LogP contribution is 2.20. The van der Waals surface area contributed by atoms with Gasteiger partial charge in [-0.1, -0.05) is 0 Å². The monoisotopic (exact) mass is 340 g/mol. The molecule has 134 valence electrons. The molecular weight excluding hydrogens is 316 g/mol. The van der Waals surface area contributed by atoms with Crippen molar-refractivity contribution in [2.45, 2.75) is 45.2 Å². The van der Waals surface area contributed by atoms with Gasteiger partial charge in [-0.3, -0.25) is 19.0 Å². The van der Waals surface area contributed by atoms with Gasteiger partial charge in [0.2, 0.25) is 17.7 Å². The number of amides is 3. The minimum absolute atomic E-state index is 0.101. The molecule has 1 rings (SSSR count). The molecule has 1 atom stereocenters. The maximum absolute atomic E-state index is 11.7. The van der Waals surface area contributed by atoms with E-state index in [1.165, 1.54) is 23.6 Å². The molecular formula is C15H24N4O5. The van der Waals surface area contributed by atoms with E-state index in [0.717, 1.165) is 0 Å². The topological polar surface area (TPSA) is 147 Å². The third-order valence-corrected chi connectivity index (χ3v) is 3.46. The molecule has 0 aliphatic heterocycles. The highest BCUT2D eigenvalue weighted by Gasteiger charge is 2.15. The minimum atomic E-state index is -0.696. The normalized spacial score (nSPS) is 11.7. The van der Waals surface area contributed by atoms with E-state index in [2.05, 4.69) is 10.6 Å². The molecule has 1 unspecified atom stereocenters. The zero-order valence-corrected chi connectivity index (χ0v) is 13.6. The molecule has 9 heteroatoms. The number of nitrogens with zero attached hydrogens (tertiary/aromatic N) is 1. The van der Waals surface area contributed by atoms with E-state index in [1.54, 1.807) is 0 Å². The Kier molecular flexibility index (Phi) is 7.60. The zero-order chi connectivity index (χ0) is 18.1. The second-order valence-corrected chi connectivity index (χ2v) is 5.45. The van der Waals surface area contributed by atoms with Crippen LogP contribution in [0.15, 0.2) is 12.1 Å². The van der Waals surface area contributed by atoms with E-state index in [4.69, 9.17) is 5.73 Å². The summed E-state index contributed by atoms with van der Waals surface area (Å²) in [4.78, 5) is 33.8. The lowest BCUT2D eigenvalue weighted by Crippen LogP contribution is -2.43. The maximum Gasteiger partial charge on any atom is 0.239 e. The fourth-order valence-electron chi connectivity index (χ4n) is 2.21. The largest absolute Gasteiger partial charge is 0.494 e. The average Bonchev–Trinajstić information content (AvgIpc) is 2.81. The molecule has 9 nitrogen and oxygen atoms in total. The average molecular weight is 340 g/mol. The molecule has 0 aliphatic rings. The van der Waals surface area contributed by atoms with Crippen molar-refractivity contribution in [1.82, 2.24) is 15.2 Å². The Labute approximate surface area is 139 Å². The number of nitrogens with two attached hydrogens (primary N) is 1. The summed E-state index contributed by atoms with van der Waals surface area (Å²) < 4.78 is 1.23. The number of carbonyl (C=O) groups is 3. The van der Waals surface area contributed by atoms with Crippen molar-refractivity contribution in [1.29, 1.82) is 0 Å². The highest BCUT2D eigenvalue weighted by atomic mass is 16.3. The van der Waals surface area contributed by atoms with Crippen molar-refractivity contribution in [2.75, 3.05) is 6.54 Å². The second-order valence-electron chi connectivity index (χ2n) is 5.45. The van der Waals surface area contributed by atoms with Crippen LogP contribution in [-0.4, -0.2) is 45.1 Å². The minimum Gasteiger partial charge on any atom is -0.494 e. The van der Waals surface area contributed by atoms with Gasteiger partial charge in [-0.25, -0.2) is 0 Å². The fraction of sp³-hybridized carbons (Fsp3) is 0.533. The number of carbonyl (C=O) groups excluding carboxylic acids is 3. The Balaban J connectivity index is 2.19. The Bertz CT molecular complexity index is 565. The molecule has 0 fully saturated rings. The van der Waals surface area contributed by atoms with E-state index in [-0.39, 0.29) is 36.5 Å². The molecule has 1 aromatic rings. The number of rotatable bonds is 10. The van der Waals surface area contributed by atoms with E-state index >= 15 is 0 Å². The van der Waals surface area contributed by atoms with E-state index in [1.807, 2.05) is 0 Å². The molecule has 0 aromatic carbocycles. The second kappa shape index (κ2) is 9.43. The number of aromatic hydroxyl groups is 2.